The van der Waals surface area contributed by atoms with Crippen LogP contribution >= 0.6 is 0 Å². The fourth-order valence-corrected chi connectivity index (χ4v) is 3.11. The van der Waals surface area contributed by atoms with Crippen LogP contribution in [0.3, 0.4) is 0 Å². The van der Waals surface area contributed by atoms with Crippen molar-refractivity contribution in [3.05, 3.63) is 83.9 Å². The van der Waals surface area contributed by atoms with Crippen LogP contribution in [-0.2, 0) is 6.54 Å². The number of carbonyl (C=O) groups is 1. The first-order valence-electron chi connectivity index (χ1n) is 8.90. The lowest BCUT2D eigenvalue weighted by molar-refractivity contribution is 0.0950. The highest BCUT2D eigenvalue weighted by Gasteiger charge is 2.10. The van der Waals surface area contributed by atoms with Crippen LogP contribution in [0.15, 0.2) is 71.6 Å². The topological polar surface area (TPSA) is 85.3 Å². The van der Waals surface area contributed by atoms with Crippen molar-refractivity contribution >= 4 is 22.6 Å². The number of carbonyl (C=O) groups excluding carboxylic acids is 1. The Morgan fingerprint density at radius 1 is 1.00 bits per heavy atom. The molecule has 7 nitrogen and oxygen atoms in total. The molecule has 0 bridgehead atoms. The lowest BCUT2D eigenvalue weighted by atomic mass is 10.2. The Morgan fingerprint density at radius 3 is 2.69 bits per heavy atom. The molecule has 8 heteroatoms. The van der Waals surface area contributed by atoms with Gasteiger partial charge in [0.1, 0.15) is 22.5 Å². The van der Waals surface area contributed by atoms with Gasteiger partial charge in [0.15, 0.2) is 0 Å². The van der Waals surface area contributed by atoms with E-state index in [9.17, 15) is 9.18 Å². The van der Waals surface area contributed by atoms with Crippen LogP contribution in [0, 0.1) is 5.82 Å². The highest BCUT2D eigenvalue weighted by atomic mass is 19.1. The van der Waals surface area contributed by atoms with Crippen molar-refractivity contribution in [3.63, 3.8) is 0 Å². The smallest absolute Gasteiger partial charge is 0.253 e. The molecule has 5 aromatic rings. The quantitative estimate of drug-likeness (QED) is 0.509. The van der Waals surface area contributed by atoms with E-state index in [1.807, 2.05) is 18.3 Å². The standard InChI is InChI=1S/C21H14FN5O2/c22-16-5-2-14(3-6-16)19-12-27-11-15(4-8-20(27)24-19)21(28)23-10-13-1-7-17-18(9-13)26-29-25-17/h1-9,11-12H,10H2,(H,23,28). The number of hydrogen-bond acceptors (Lipinski definition) is 5. The Hall–Kier alpha value is -4.07. The zero-order chi connectivity index (χ0) is 19.8. The molecule has 142 valence electrons. The molecular formula is C21H14FN5O2. The molecule has 0 radical (unpaired) electrons. The number of halogens is 1. The molecule has 0 aliphatic heterocycles. The third-order valence-corrected chi connectivity index (χ3v) is 4.62. The number of nitrogens with zero attached hydrogens (tertiary/aromatic N) is 4. The van der Waals surface area contributed by atoms with E-state index in [-0.39, 0.29) is 11.7 Å². The summed E-state index contributed by atoms with van der Waals surface area (Å²) in [4.78, 5) is 17.1. The predicted molar refractivity (Wildman–Crippen MR) is 104 cm³/mol. The number of imidazole rings is 1. The van der Waals surface area contributed by atoms with E-state index < -0.39 is 0 Å². The number of hydrogen-bond donors (Lipinski definition) is 1. The molecule has 0 aliphatic rings. The maximum atomic E-state index is 13.1. The molecule has 29 heavy (non-hydrogen) atoms. The lowest BCUT2D eigenvalue weighted by Crippen LogP contribution is -2.23. The summed E-state index contributed by atoms with van der Waals surface area (Å²) in [7, 11) is 0. The zero-order valence-electron chi connectivity index (χ0n) is 15.0. The lowest BCUT2D eigenvalue weighted by Gasteiger charge is -2.06. The molecule has 0 saturated heterocycles. The van der Waals surface area contributed by atoms with Crippen molar-refractivity contribution in [2.45, 2.75) is 6.54 Å². The number of nitrogens with one attached hydrogen (secondary N) is 1. The number of aromatic nitrogens is 4. The fourth-order valence-electron chi connectivity index (χ4n) is 3.11. The van der Waals surface area contributed by atoms with Crippen LogP contribution in [-0.4, -0.2) is 25.6 Å². The summed E-state index contributed by atoms with van der Waals surface area (Å²) < 4.78 is 19.6. The van der Waals surface area contributed by atoms with E-state index in [0.29, 0.717) is 34.5 Å². The second-order valence-corrected chi connectivity index (χ2v) is 6.59. The molecule has 0 atom stereocenters. The van der Waals surface area contributed by atoms with E-state index in [0.717, 1.165) is 11.1 Å². The minimum atomic E-state index is -0.296. The van der Waals surface area contributed by atoms with Crippen molar-refractivity contribution in [2.24, 2.45) is 0 Å². The van der Waals surface area contributed by atoms with Crippen molar-refractivity contribution in [1.29, 1.82) is 0 Å². The molecule has 3 heterocycles. The number of pyridine rings is 1. The summed E-state index contributed by atoms with van der Waals surface area (Å²) in [5.74, 6) is -0.502. The molecule has 0 unspecified atom stereocenters. The second kappa shape index (κ2) is 6.83. The monoisotopic (exact) mass is 387 g/mol. The summed E-state index contributed by atoms with van der Waals surface area (Å²) in [5.41, 5.74) is 4.92. The van der Waals surface area contributed by atoms with Crippen molar-refractivity contribution in [1.82, 2.24) is 25.0 Å². The Kier molecular flexibility index (Phi) is 4.02. The van der Waals surface area contributed by atoms with Crippen LogP contribution < -0.4 is 5.32 Å². The van der Waals surface area contributed by atoms with Gasteiger partial charge in [-0.3, -0.25) is 4.79 Å². The molecule has 1 amide bonds. The molecule has 2 aromatic carbocycles. The second-order valence-electron chi connectivity index (χ2n) is 6.59. The van der Waals surface area contributed by atoms with Gasteiger partial charge in [0.25, 0.3) is 5.91 Å². The van der Waals surface area contributed by atoms with Crippen molar-refractivity contribution < 1.29 is 13.8 Å². The minimum absolute atomic E-state index is 0.206. The predicted octanol–water partition coefficient (Wildman–Crippen LogP) is 3.61. The summed E-state index contributed by atoms with van der Waals surface area (Å²) in [6, 6.07) is 15.1. The molecule has 0 aliphatic carbocycles. The summed E-state index contributed by atoms with van der Waals surface area (Å²) in [6.07, 6.45) is 3.53. The van der Waals surface area contributed by atoms with Gasteiger partial charge >= 0.3 is 0 Å². The Labute approximate surface area is 163 Å². The van der Waals surface area contributed by atoms with Crippen molar-refractivity contribution in [2.75, 3.05) is 0 Å². The van der Waals surface area contributed by atoms with E-state index in [2.05, 4.69) is 25.2 Å². The van der Waals surface area contributed by atoms with Crippen LogP contribution in [0.4, 0.5) is 4.39 Å². The molecule has 0 spiro atoms. The van der Waals surface area contributed by atoms with E-state index in [4.69, 9.17) is 0 Å². The third-order valence-electron chi connectivity index (χ3n) is 4.62. The highest BCUT2D eigenvalue weighted by molar-refractivity contribution is 5.94. The first-order chi connectivity index (χ1) is 14.2. The maximum Gasteiger partial charge on any atom is 0.253 e. The molecular weight excluding hydrogens is 373 g/mol. The van der Waals surface area contributed by atoms with Crippen LogP contribution in [0.2, 0.25) is 0 Å². The molecule has 3 aromatic heterocycles. The Bertz CT molecular complexity index is 1340. The van der Waals surface area contributed by atoms with Gasteiger partial charge < -0.3 is 9.72 Å². The largest absolute Gasteiger partial charge is 0.348 e. The minimum Gasteiger partial charge on any atom is -0.348 e. The number of amides is 1. The van der Waals surface area contributed by atoms with E-state index in [1.165, 1.54) is 12.1 Å². The molecule has 0 saturated carbocycles. The first-order valence-corrected chi connectivity index (χ1v) is 8.90. The van der Waals surface area contributed by atoms with Gasteiger partial charge in [-0.05, 0) is 64.4 Å². The first kappa shape index (κ1) is 17.1. The van der Waals surface area contributed by atoms with E-state index >= 15 is 0 Å². The SMILES string of the molecule is O=C(NCc1ccc2nonc2c1)c1ccc2nc(-c3ccc(F)cc3)cn2c1. The average Bonchev–Trinajstić information content (AvgIpc) is 3.38. The number of benzene rings is 2. The zero-order valence-corrected chi connectivity index (χ0v) is 15.0. The van der Waals surface area contributed by atoms with E-state index in [1.54, 1.807) is 40.9 Å². The third kappa shape index (κ3) is 3.31. The van der Waals surface area contributed by atoms with Crippen LogP contribution in [0.1, 0.15) is 15.9 Å². The van der Waals surface area contributed by atoms with Crippen LogP contribution in [0.5, 0.6) is 0 Å². The average molecular weight is 387 g/mol. The number of fused-ring (bicyclic) bond motifs is 2. The van der Waals surface area contributed by atoms with Crippen molar-refractivity contribution in [3.8, 4) is 11.3 Å². The summed E-state index contributed by atoms with van der Waals surface area (Å²) in [5, 5.41) is 10.4. The van der Waals surface area contributed by atoms with Gasteiger partial charge in [-0.15, -0.1) is 0 Å². The normalized spacial score (nSPS) is 11.2. The molecule has 1 N–H and O–H groups in total. The summed E-state index contributed by atoms with van der Waals surface area (Å²) >= 11 is 0. The molecule has 5 rings (SSSR count). The van der Waals surface area contributed by atoms with Gasteiger partial charge in [-0.1, -0.05) is 6.07 Å². The molecule has 0 fully saturated rings. The Morgan fingerprint density at radius 2 is 1.83 bits per heavy atom. The fraction of sp³-hybridized carbons (Fsp3) is 0.0476. The van der Waals surface area contributed by atoms with Gasteiger partial charge in [0.2, 0.25) is 0 Å². The van der Waals surface area contributed by atoms with Gasteiger partial charge in [-0.2, -0.15) is 0 Å². The highest BCUT2D eigenvalue weighted by Crippen LogP contribution is 2.20. The van der Waals surface area contributed by atoms with Gasteiger partial charge in [0.05, 0.1) is 11.3 Å². The van der Waals surface area contributed by atoms with Gasteiger partial charge in [0, 0.05) is 24.5 Å². The summed E-state index contributed by atoms with van der Waals surface area (Å²) in [6.45, 7) is 0.352. The van der Waals surface area contributed by atoms with Crippen LogP contribution in [0.25, 0.3) is 27.9 Å². The Balaban J connectivity index is 1.35. The van der Waals surface area contributed by atoms with Gasteiger partial charge in [-0.25, -0.2) is 14.0 Å². The maximum absolute atomic E-state index is 13.1. The number of rotatable bonds is 4.